The zero-order valence-electron chi connectivity index (χ0n) is 10.2. The van der Waals surface area contributed by atoms with E-state index in [1.54, 1.807) is 0 Å². The number of thiocarbonyl (C=S) groups is 1. The van der Waals surface area contributed by atoms with Crippen molar-refractivity contribution in [1.82, 2.24) is 4.90 Å². The summed E-state index contributed by atoms with van der Waals surface area (Å²) in [4.78, 5) is 2.77. The van der Waals surface area contributed by atoms with Gasteiger partial charge in [0.25, 0.3) is 0 Å². The Bertz CT molecular complexity index is 525. The highest BCUT2D eigenvalue weighted by Crippen LogP contribution is 2.22. The molecule has 0 saturated carbocycles. The number of furan rings is 1. The molecule has 88 valence electrons. The van der Waals surface area contributed by atoms with Crippen LogP contribution < -0.4 is 0 Å². The van der Waals surface area contributed by atoms with Gasteiger partial charge in [0.1, 0.15) is 16.5 Å². The molecule has 0 amide bonds. The third-order valence-electron chi connectivity index (χ3n) is 2.56. The average molecular weight is 245 g/mol. The molecule has 2 aromatic rings. The predicted octanol–water partition coefficient (Wildman–Crippen LogP) is 3.49. The van der Waals surface area contributed by atoms with E-state index in [0.717, 1.165) is 27.6 Å². The summed E-state index contributed by atoms with van der Waals surface area (Å²) < 4.78 is 5.57. The second-order valence-corrected chi connectivity index (χ2v) is 4.57. The van der Waals surface area contributed by atoms with Crippen LogP contribution in [0.4, 0.5) is 0 Å². The molecule has 0 aliphatic carbocycles. The Morgan fingerprint density at radius 2 is 1.71 bits per heavy atom. The lowest BCUT2D eigenvalue weighted by molar-refractivity contribution is 0.548. The first-order valence-electron chi connectivity index (χ1n) is 5.46. The minimum absolute atomic E-state index is 0.840. The summed E-state index contributed by atoms with van der Waals surface area (Å²) in [5.74, 6) is 1.82. The SMILES string of the molecule is Cc1ccc(-c2ccc(C(=S)N(C)C)cc2)o1. The summed E-state index contributed by atoms with van der Waals surface area (Å²) in [5.41, 5.74) is 2.13. The predicted molar refractivity (Wildman–Crippen MR) is 74.3 cm³/mol. The molecule has 0 spiro atoms. The van der Waals surface area contributed by atoms with Crippen LogP contribution in [0.1, 0.15) is 11.3 Å². The van der Waals surface area contributed by atoms with Crippen LogP contribution in [-0.4, -0.2) is 24.0 Å². The molecule has 1 heterocycles. The number of hydrogen-bond donors (Lipinski definition) is 0. The largest absolute Gasteiger partial charge is 0.461 e. The molecule has 0 aliphatic heterocycles. The Kier molecular flexibility index (Phi) is 3.29. The smallest absolute Gasteiger partial charge is 0.134 e. The van der Waals surface area contributed by atoms with E-state index in [9.17, 15) is 0 Å². The van der Waals surface area contributed by atoms with E-state index in [2.05, 4.69) is 0 Å². The van der Waals surface area contributed by atoms with E-state index in [0.29, 0.717) is 0 Å². The van der Waals surface area contributed by atoms with Crippen molar-refractivity contribution in [1.29, 1.82) is 0 Å². The van der Waals surface area contributed by atoms with E-state index >= 15 is 0 Å². The molecule has 0 radical (unpaired) electrons. The van der Waals surface area contributed by atoms with E-state index in [1.807, 2.05) is 62.3 Å². The highest BCUT2D eigenvalue weighted by molar-refractivity contribution is 7.80. The van der Waals surface area contributed by atoms with Crippen LogP contribution in [0.5, 0.6) is 0 Å². The maximum Gasteiger partial charge on any atom is 0.134 e. The van der Waals surface area contributed by atoms with Gasteiger partial charge < -0.3 is 9.32 Å². The van der Waals surface area contributed by atoms with Crippen molar-refractivity contribution >= 4 is 17.2 Å². The summed E-state index contributed by atoms with van der Waals surface area (Å²) >= 11 is 5.31. The molecule has 1 aromatic heterocycles. The minimum atomic E-state index is 0.840. The summed E-state index contributed by atoms with van der Waals surface area (Å²) in [6.45, 7) is 1.94. The lowest BCUT2D eigenvalue weighted by atomic mass is 10.1. The zero-order chi connectivity index (χ0) is 12.4. The molecule has 0 fully saturated rings. The van der Waals surface area contributed by atoms with Crippen LogP contribution in [0.25, 0.3) is 11.3 Å². The number of aryl methyl sites for hydroxylation is 1. The Morgan fingerprint density at radius 1 is 1.06 bits per heavy atom. The van der Waals surface area contributed by atoms with Crippen molar-refractivity contribution in [3.05, 3.63) is 47.7 Å². The van der Waals surface area contributed by atoms with Gasteiger partial charge in [0, 0.05) is 25.2 Å². The normalized spacial score (nSPS) is 10.3. The molecule has 0 saturated heterocycles. The zero-order valence-corrected chi connectivity index (χ0v) is 11.0. The van der Waals surface area contributed by atoms with Crippen LogP contribution in [-0.2, 0) is 0 Å². The fraction of sp³-hybridized carbons (Fsp3) is 0.214. The third kappa shape index (κ3) is 2.56. The van der Waals surface area contributed by atoms with Crippen LogP contribution >= 0.6 is 12.2 Å². The van der Waals surface area contributed by atoms with Gasteiger partial charge in [-0.15, -0.1) is 0 Å². The van der Waals surface area contributed by atoms with Crippen molar-refractivity contribution in [2.75, 3.05) is 14.1 Å². The van der Waals surface area contributed by atoms with Crippen molar-refractivity contribution < 1.29 is 4.42 Å². The Morgan fingerprint density at radius 3 is 2.18 bits per heavy atom. The van der Waals surface area contributed by atoms with Gasteiger partial charge in [0.2, 0.25) is 0 Å². The monoisotopic (exact) mass is 245 g/mol. The quantitative estimate of drug-likeness (QED) is 0.754. The van der Waals surface area contributed by atoms with Gasteiger partial charge >= 0.3 is 0 Å². The first kappa shape index (κ1) is 11.9. The highest BCUT2D eigenvalue weighted by Gasteiger charge is 2.05. The number of hydrogen-bond acceptors (Lipinski definition) is 2. The van der Waals surface area contributed by atoms with Gasteiger partial charge in [-0.05, 0) is 19.1 Å². The minimum Gasteiger partial charge on any atom is -0.461 e. The third-order valence-corrected chi connectivity index (χ3v) is 3.16. The fourth-order valence-corrected chi connectivity index (χ4v) is 1.76. The van der Waals surface area contributed by atoms with Crippen molar-refractivity contribution in [2.45, 2.75) is 6.92 Å². The van der Waals surface area contributed by atoms with Crippen molar-refractivity contribution in [3.8, 4) is 11.3 Å². The molecule has 0 aliphatic rings. The van der Waals surface area contributed by atoms with Gasteiger partial charge in [-0.25, -0.2) is 0 Å². The second-order valence-electron chi connectivity index (χ2n) is 4.19. The Hall–Kier alpha value is -1.61. The van der Waals surface area contributed by atoms with Crippen molar-refractivity contribution in [2.24, 2.45) is 0 Å². The molecule has 0 atom stereocenters. The standard InChI is InChI=1S/C14H15NOS/c1-10-4-9-13(16-10)11-5-7-12(8-6-11)14(17)15(2)3/h4-9H,1-3H3. The van der Waals surface area contributed by atoms with Gasteiger partial charge in [-0.3, -0.25) is 0 Å². The van der Waals surface area contributed by atoms with Crippen LogP contribution in [0.2, 0.25) is 0 Å². The molecule has 2 rings (SSSR count). The molecule has 2 nitrogen and oxygen atoms in total. The molecule has 17 heavy (non-hydrogen) atoms. The Balaban J connectivity index is 2.27. The van der Waals surface area contributed by atoms with E-state index in [-0.39, 0.29) is 0 Å². The summed E-state index contributed by atoms with van der Waals surface area (Å²) in [5, 5.41) is 0. The second kappa shape index (κ2) is 4.72. The van der Waals surface area contributed by atoms with Gasteiger partial charge in [0.15, 0.2) is 0 Å². The number of benzene rings is 1. The maximum absolute atomic E-state index is 5.57. The van der Waals surface area contributed by atoms with Crippen molar-refractivity contribution in [3.63, 3.8) is 0 Å². The van der Waals surface area contributed by atoms with Gasteiger partial charge in [-0.1, -0.05) is 36.5 Å². The molecular weight excluding hydrogens is 230 g/mol. The average Bonchev–Trinajstić information content (AvgIpc) is 2.75. The topological polar surface area (TPSA) is 16.4 Å². The van der Waals surface area contributed by atoms with Crippen LogP contribution in [0.15, 0.2) is 40.8 Å². The Labute approximate surface area is 107 Å². The number of rotatable bonds is 2. The lowest BCUT2D eigenvalue weighted by Crippen LogP contribution is -2.20. The summed E-state index contributed by atoms with van der Waals surface area (Å²) in [6.07, 6.45) is 0. The molecule has 0 bridgehead atoms. The molecule has 0 N–H and O–H groups in total. The highest BCUT2D eigenvalue weighted by atomic mass is 32.1. The van der Waals surface area contributed by atoms with E-state index in [4.69, 9.17) is 16.6 Å². The van der Waals surface area contributed by atoms with Crippen LogP contribution in [0, 0.1) is 6.92 Å². The molecular formula is C14H15NOS. The fourth-order valence-electron chi connectivity index (χ4n) is 1.62. The molecule has 3 heteroatoms. The molecule has 1 aromatic carbocycles. The number of nitrogens with zero attached hydrogens (tertiary/aromatic N) is 1. The first-order valence-corrected chi connectivity index (χ1v) is 5.87. The van der Waals surface area contributed by atoms with E-state index < -0.39 is 0 Å². The van der Waals surface area contributed by atoms with Gasteiger partial charge in [-0.2, -0.15) is 0 Å². The molecule has 0 unspecified atom stereocenters. The van der Waals surface area contributed by atoms with Crippen LogP contribution in [0.3, 0.4) is 0 Å². The van der Waals surface area contributed by atoms with E-state index in [1.165, 1.54) is 0 Å². The first-order chi connectivity index (χ1) is 8.08. The maximum atomic E-state index is 5.57. The summed E-state index contributed by atoms with van der Waals surface area (Å²) in [6, 6.07) is 12.1. The lowest BCUT2D eigenvalue weighted by Gasteiger charge is -2.13. The van der Waals surface area contributed by atoms with Gasteiger partial charge in [0.05, 0.1) is 0 Å². The summed E-state index contributed by atoms with van der Waals surface area (Å²) in [7, 11) is 3.90.